The third-order valence-corrected chi connectivity index (χ3v) is 9.43. The second-order valence-electron chi connectivity index (χ2n) is 12.5. The molecule has 4 rings (SSSR count). The van der Waals surface area contributed by atoms with E-state index in [-0.39, 0.29) is 16.7 Å². The number of benzene rings is 2. The van der Waals surface area contributed by atoms with Crippen LogP contribution in [0.2, 0.25) is 0 Å². The first kappa shape index (κ1) is 27.1. The van der Waals surface area contributed by atoms with Crippen LogP contribution in [0.25, 0.3) is 5.57 Å². The van der Waals surface area contributed by atoms with Gasteiger partial charge >= 0.3 is 0 Å². The van der Waals surface area contributed by atoms with Crippen molar-refractivity contribution in [3.63, 3.8) is 0 Å². The number of hydrogen-bond acceptors (Lipinski definition) is 1. The molecule has 37 heavy (non-hydrogen) atoms. The highest BCUT2D eigenvalue weighted by atomic mass is 16.1. The van der Waals surface area contributed by atoms with E-state index in [1.165, 1.54) is 50.1 Å². The predicted octanol–water partition coefficient (Wildman–Crippen LogP) is 9.47. The summed E-state index contributed by atoms with van der Waals surface area (Å²) in [5, 5.41) is 0. The quantitative estimate of drug-likeness (QED) is 0.335. The Bertz CT molecular complexity index is 1310. The van der Waals surface area contributed by atoms with Crippen LogP contribution in [-0.2, 0) is 11.2 Å². The van der Waals surface area contributed by atoms with Crippen molar-refractivity contribution in [2.45, 2.75) is 80.6 Å². The lowest BCUT2D eigenvalue weighted by atomic mass is 9.54. The van der Waals surface area contributed by atoms with Gasteiger partial charge in [0.1, 0.15) is 5.78 Å². The predicted molar refractivity (Wildman–Crippen MR) is 159 cm³/mol. The first-order chi connectivity index (χ1) is 17.3. The topological polar surface area (TPSA) is 17.1 Å². The van der Waals surface area contributed by atoms with E-state index in [1.807, 2.05) is 0 Å². The Morgan fingerprint density at radius 3 is 2.27 bits per heavy atom. The number of hydrogen-bond donors (Lipinski definition) is 0. The van der Waals surface area contributed by atoms with Crippen molar-refractivity contribution in [2.75, 3.05) is 0 Å². The van der Waals surface area contributed by atoms with Gasteiger partial charge in [0, 0.05) is 11.8 Å². The van der Waals surface area contributed by atoms with Gasteiger partial charge in [-0.3, -0.25) is 4.79 Å². The van der Waals surface area contributed by atoms with Crippen LogP contribution in [0.4, 0.5) is 0 Å². The molecule has 0 radical (unpaired) electrons. The third-order valence-electron chi connectivity index (χ3n) is 9.43. The fourth-order valence-corrected chi connectivity index (χ4v) is 6.41. The van der Waals surface area contributed by atoms with Gasteiger partial charge in [-0.25, -0.2) is 0 Å². The molecule has 0 heterocycles. The Kier molecular flexibility index (Phi) is 7.39. The van der Waals surface area contributed by atoms with Crippen molar-refractivity contribution in [3.8, 4) is 0 Å². The Balaban J connectivity index is 1.58. The molecule has 1 fully saturated rings. The van der Waals surface area contributed by atoms with E-state index in [0.717, 1.165) is 31.3 Å². The number of rotatable bonds is 8. The lowest BCUT2D eigenvalue weighted by molar-refractivity contribution is -0.138. The summed E-state index contributed by atoms with van der Waals surface area (Å²) in [6.07, 6.45) is 6.63. The summed E-state index contributed by atoms with van der Waals surface area (Å²) < 4.78 is 0. The van der Waals surface area contributed by atoms with Gasteiger partial charge in [0.15, 0.2) is 0 Å². The molecule has 2 aromatic rings. The number of allylic oxidation sites excluding steroid dienone is 6. The summed E-state index contributed by atoms with van der Waals surface area (Å²) in [6.45, 7) is 23.9. The summed E-state index contributed by atoms with van der Waals surface area (Å²) in [4.78, 5) is 14.0. The summed E-state index contributed by atoms with van der Waals surface area (Å²) in [5.41, 5.74) is 12.1. The zero-order valence-corrected chi connectivity index (χ0v) is 24.1. The van der Waals surface area contributed by atoms with E-state index >= 15 is 0 Å². The molecule has 3 atom stereocenters. The summed E-state index contributed by atoms with van der Waals surface area (Å²) >= 11 is 0. The number of ketones is 1. The Hall–Kier alpha value is -2.93. The molecule has 1 nitrogen and oxygen atoms in total. The molecule has 1 saturated carbocycles. The SMILES string of the molecule is C=C1CC(c2ccc(C)cc2C)=C/C1=C(/C)C1CC[C@@]1(C)C(=O)C[C@@](C)(Cc1ccc(C)cc1)C(=C)C. The first-order valence-corrected chi connectivity index (χ1v) is 13.8. The molecular weight excluding hydrogens is 448 g/mol. The molecule has 1 heteroatoms. The van der Waals surface area contributed by atoms with Crippen LogP contribution in [0, 0.1) is 37.5 Å². The van der Waals surface area contributed by atoms with Gasteiger partial charge in [0.2, 0.25) is 0 Å². The van der Waals surface area contributed by atoms with E-state index < -0.39 is 0 Å². The molecule has 2 aliphatic carbocycles. The van der Waals surface area contributed by atoms with Gasteiger partial charge in [-0.1, -0.05) is 97.8 Å². The van der Waals surface area contributed by atoms with E-state index in [1.54, 1.807) is 0 Å². The van der Waals surface area contributed by atoms with Crippen molar-refractivity contribution in [1.82, 2.24) is 0 Å². The van der Waals surface area contributed by atoms with Crippen molar-refractivity contribution < 1.29 is 4.79 Å². The molecule has 2 aliphatic rings. The molecule has 0 spiro atoms. The molecule has 0 amide bonds. The lowest BCUT2D eigenvalue weighted by Gasteiger charge is -2.48. The minimum absolute atomic E-state index is 0.246. The average Bonchev–Trinajstić information content (AvgIpc) is 3.20. The van der Waals surface area contributed by atoms with Crippen LogP contribution in [0.3, 0.4) is 0 Å². The van der Waals surface area contributed by atoms with Gasteiger partial charge in [-0.15, -0.1) is 0 Å². The van der Waals surface area contributed by atoms with Crippen LogP contribution < -0.4 is 0 Å². The molecule has 0 aromatic heterocycles. The maximum absolute atomic E-state index is 14.0. The molecule has 0 bridgehead atoms. The van der Waals surface area contributed by atoms with Crippen LogP contribution in [0.1, 0.15) is 81.2 Å². The molecular formula is C36H44O. The van der Waals surface area contributed by atoms with Crippen molar-refractivity contribution in [2.24, 2.45) is 16.7 Å². The summed E-state index contributed by atoms with van der Waals surface area (Å²) in [6, 6.07) is 15.4. The molecule has 0 saturated heterocycles. The maximum Gasteiger partial charge on any atom is 0.140 e. The van der Waals surface area contributed by atoms with E-state index in [9.17, 15) is 4.79 Å². The van der Waals surface area contributed by atoms with Gasteiger partial charge in [0.05, 0.1) is 0 Å². The molecule has 1 unspecified atom stereocenters. The number of aryl methyl sites for hydroxylation is 3. The second-order valence-corrected chi connectivity index (χ2v) is 12.5. The number of Topliss-reactive ketones (excluding diaryl/α,β-unsaturated/α-hetero) is 1. The maximum atomic E-state index is 14.0. The van der Waals surface area contributed by atoms with Gasteiger partial charge < -0.3 is 0 Å². The van der Waals surface area contributed by atoms with Crippen LogP contribution in [0.5, 0.6) is 0 Å². The highest BCUT2D eigenvalue weighted by molar-refractivity contribution is 5.87. The smallest absolute Gasteiger partial charge is 0.140 e. The second kappa shape index (κ2) is 10.1. The van der Waals surface area contributed by atoms with E-state index in [2.05, 4.69) is 110 Å². The third kappa shape index (κ3) is 5.24. The average molecular weight is 493 g/mol. The number of carbonyl (C=O) groups excluding carboxylic acids is 1. The van der Waals surface area contributed by atoms with Crippen LogP contribution in [0.15, 0.2) is 84.0 Å². The number of carbonyl (C=O) groups is 1. The standard InChI is InChI=1S/C36H44O/c1-23(2)35(8,21-29-13-10-24(3)11-14-29)22-34(37)36(9)17-16-33(36)28(7)32-20-30(19-27(32)6)31-15-12-25(4)18-26(31)5/h10-15,18,20,33H,1,6,16-17,19,21-22H2,2-5,7-9H3/b32-28+/t33?,35-,36-/m1/s1. The fourth-order valence-electron chi connectivity index (χ4n) is 6.41. The van der Waals surface area contributed by atoms with Gasteiger partial charge in [-0.2, -0.15) is 0 Å². The molecule has 194 valence electrons. The van der Waals surface area contributed by atoms with Crippen LogP contribution in [-0.4, -0.2) is 5.78 Å². The minimum atomic E-state index is -0.322. The monoisotopic (exact) mass is 492 g/mol. The van der Waals surface area contributed by atoms with E-state index in [4.69, 9.17) is 0 Å². The zero-order chi connectivity index (χ0) is 27.1. The minimum Gasteiger partial charge on any atom is -0.299 e. The van der Waals surface area contributed by atoms with Crippen molar-refractivity contribution >= 4 is 11.4 Å². The Morgan fingerprint density at radius 1 is 1.05 bits per heavy atom. The lowest BCUT2D eigenvalue weighted by Crippen LogP contribution is -2.47. The highest BCUT2D eigenvalue weighted by Gasteiger charge is 2.50. The summed E-state index contributed by atoms with van der Waals surface area (Å²) in [5.74, 6) is 0.652. The van der Waals surface area contributed by atoms with Crippen molar-refractivity contribution in [1.29, 1.82) is 0 Å². The Labute approximate surface area is 225 Å². The van der Waals surface area contributed by atoms with E-state index in [0.29, 0.717) is 12.2 Å². The normalized spacial score (nSPS) is 24.2. The van der Waals surface area contributed by atoms with Crippen molar-refractivity contribution in [3.05, 3.63) is 112 Å². The molecule has 0 aliphatic heterocycles. The largest absolute Gasteiger partial charge is 0.299 e. The summed E-state index contributed by atoms with van der Waals surface area (Å²) in [7, 11) is 0. The molecule has 2 aromatic carbocycles. The zero-order valence-electron chi connectivity index (χ0n) is 24.1. The Morgan fingerprint density at radius 2 is 1.70 bits per heavy atom. The van der Waals surface area contributed by atoms with Crippen LogP contribution >= 0.6 is 0 Å². The molecule has 0 N–H and O–H groups in total. The highest BCUT2D eigenvalue weighted by Crippen LogP contribution is 2.55. The van der Waals surface area contributed by atoms with Gasteiger partial charge in [0.25, 0.3) is 0 Å². The fraction of sp³-hybridized carbons (Fsp3) is 0.417. The first-order valence-electron chi connectivity index (χ1n) is 13.8. The van der Waals surface area contributed by atoms with Gasteiger partial charge in [-0.05, 0) is 105 Å².